The smallest absolute Gasteiger partial charge is 0.259 e. The van der Waals surface area contributed by atoms with Crippen molar-refractivity contribution in [1.82, 2.24) is 15.4 Å². The van der Waals surface area contributed by atoms with Gasteiger partial charge in [-0.1, -0.05) is 31.3 Å². The minimum atomic E-state index is -0.107. The number of hydrogen-bond donors (Lipinski definition) is 1. The normalized spacial score (nSPS) is 22.0. The van der Waals surface area contributed by atoms with Gasteiger partial charge < -0.3 is 14.7 Å². The summed E-state index contributed by atoms with van der Waals surface area (Å²) >= 11 is 0. The first kappa shape index (κ1) is 18.0. The van der Waals surface area contributed by atoms with Gasteiger partial charge in [-0.15, -0.1) is 0 Å². The molecular formula is C19H29N3O3. The zero-order chi connectivity index (χ0) is 17.8. The second-order valence-electron chi connectivity index (χ2n) is 7.35. The van der Waals surface area contributed by atoms with Crippen molar-refractivity contribution >= 4 is 11.8 Å². The Morgan fingerprint density at radius 2 is 1.96 bits per heavy atom. The molecule has 6 heteroatoms. The van der Waals surface area contributed by atoms with Crippen LogP contribution in [0.4, 0.5) is 0 Å². The number of carbonyl (C=O) groups is 2. The topological polar surface area (TPSA) is 75.4 Å². The van der Waals surface area contributed by atoms with Crippen LogP contribution in [0.5, 0.6) is 0 Å². The van der Waals surface area contributed by atoms with Gasteiger partial charge in [0.25, 0.3) is 5.91 Å². The maximum atomic E-state index is 12.9. The molecule has 1 saturated heterocycles. The van der Waals surface area contributed by atoms with Crippen LogP contribution in [0, 0.1) is 12.8 Å². The summed E-state index contributed by atoms with van der Waals surface area (Å²) in [6.07, 6.45) is 8.22. The summed E-state index contributed by atoms with van der Waals surface area (Å²) < 4.78 is 5.20. The van der Waals surface area contributed by atoms with Gasteiger partial charge in [-0.05, 0) is 39.0 Å². The van der Waals surface area contributed by atoms with E-state index in [4.69, 9.17) is 4.52 Å². The summed E-state index contributed by atoms with van der Waals surface area (Å²) in [5.74, 6) is 0.522. The number of aromatic nitrogens is 1. The zero-order valence-corrected chi connectivity index (χ0v) is 15.3. The van der Waals surface area contributed by atoms with Crippen LogP contribution in [0.25, 0.3) is 0 Å². The largest absolute Gasteiger partial charge is 0.361 e. The SMILES string of the molecule is CCc1noc(C)c1C(=O)N1CCC[C@@H](C(=O)NC2CCCCC2)C1. The second kappa shape index (κ2) is 8.02. The third-order valence-electron chi connectivity index (χ3n) is 5.51. The van der Waals surface area contributed by atoms with Crippen molar-refractivity contribution in [3.63, 3.8) is 0 Å². The van der Waals surface area contributed by atoms with Gasteiger partial charge in [-0.3, -0.25) is 9.59 Å². The second-order valence-corrected chi connectivity index (χ2v) is 7.35. The lowest BCUT2D eigenvalue weighted by atomic mass is 9.92. The van der Waals surface area contributed by atoms with Crippen molar-refractivity contribution in [2.75, 3.05) is 13.1 Å². The highest BCUT2D eigenvalue weighted by Crippen LogP contribution is 2.23. The molecule has 2 heterocycles. The highest BCUT2D eigenvalue weighted by Gasteiger charge is 2.32. The van der Waals surface area contributed by atoms with Gasteiger partial charge in [-0.25, -0.2) is 0 Å². The molecule has 138 valence electrons. The third-order valence-corrected chi connectivity index (χ3v) is 5.51. The molecule has 0 aromatic carbocycles. The van der Waals surface area contributed by atoms with Crippen molar-refractivity contribution in [1.29, 1.82) is 0 Å². The molecule has 1 aliphatic heterocycles. The fraction of sp³-hybridized carbons (Fsp3) is 0.737. The molecular weight excluding hydrogens is 318 g/mol. The standard InChI is InChI=1S/C19H29N3O3/c1-3-16-17(13(2)25-21-16)19(24)22-11-7-8-14(12-22)18(23)20-15-9-5-4-6-10-15/h14-15H,3-12H2,1-2H3,(H,20,23)/t14-/m1/s1. The predicted molar refractivity (Wildman–Crippen MR) is 94.3 cm³/mol. The van der Waals surface area contributed by atoms with E-state index in [1.165, 1.54) is 19.3 Å². The number of piperidine rings is 1. The summed E-state index contributed by atoms with van der Waals surface area (Å²) in [5, 5.41) is 7.19. The van der Waals surface area contributed by atoms with Crippen molar-refractivity contribution in [3.8, 4) is 0 Å². The van der Waals surface area contributed by atoms with Gasteiger partial charge >= 0.3 is 0 Å². The van der Waals surface area contributed by atoms with Gasteiger partial charge in [0.2, 0.25) is 5.91 Å². The Bertz CT molecular complexity index is 619. The minimum Gasteiger partial charge on any atom is -0.361 e. The Morgan fingerprint density at radius 3 is 2.68 bits per heavy atom. The van der Waals surface area contributed by atoms with Crippen LogP contribution >= 0.6 is 0 Å². The van der Waals surface area contributed by atoms with Crippen molar-refractivity contribution in [2.45, 2.75) is 71.3 Å². The van der Waals surface area contributed by atoms with Gasteiger partial charge in [0.1, 0.15) is 11.3 Å². The van der Waals surface area contributed by atoms with Crippen LogP contribution in [0.3, 0.4) is 0 Å². The highest BCUT2D eigenvalue weighted by molar-refractivity contribution is 5.96. The molecule has 25 heavy (non-hydrogen) atoms. The molecule has 6 nitrogen and oxygen atoms in total. The summed E-state index contributed by atoms with van der Waals surface area (Å²) in [4.78, 5) is 27.3. The maximum absolute atomic E-state index is 12.9. The monoisotopic (exact) mass is 347 g/mol. The number of aryl methyl sites for hydroxylation is 2. The first-order valence-corrected chi connectivity index (χ1v) is 9.65. The zero-order valence-electron chi connectivity index (χ0n) is 15.3. The Kier molecular flexibility index (Phi) is 5.76. The Morgan fingerprint density at radius 1 is 1.20 bits per heavy atom. The highest BCUT2D eigenvalue weighted by atomic mass is 16.5. The Hall–Kier alpha value is -1.85. The van der Waals surface area contributed by atoms with Crippen LogP contribution in [-0.2, 0) is 11.2 Å². The average Bonchev–Trinajstić information content (AvgIpc) is 3.02. The molecule has 1 saturated carbocycles. The van der Waals surface area contributed by atoms with E-state index in [9.17, 15) is 9.59 Å². The summed E-state index contributed by atoms with van der Waals surface area (Å²) in [6, 6.07) is 0.319. The third kappa shape index (κ3) is 4.05. The molecule has 1 N–H and O–H groups in total. The molecule has 1 aliphatic carbocycles. The van der Waals surface area contributed by atoms with E-state index in [1.54, 1.807) is 11.8 Å². The van der Waals surface area contributed by atoms with Gasteiger partial charge in [0.05, 0.1) is 11.6 Å². The average molecular weight is 347 g/mol. The van der Waals surface area contributed by atoms with E-state index in [2.05, 4.69) is 10.5 Å². The van der Waals surface area contributed by atoms with Crippen LogP contribution in [0.1, 0.15) is 73.7 Å². The van der Waals surface area contributed by atoms with Crippen LogP contribution in [0.15, 0.2) is 4.52 Å². The van der Waals surface area contributed by atoms with Gasteiger partial charge in [0, 0.05) is 19.1 Å². The molecule has 2 fully saturated rings. The number of amides is 2. The molecule has 3 rings (SSSR count). The lowest BCUT2D eigenvalue weighted by Gasteiger charge is -2.33. The van der Waals surface area contributed by atoms with Gasteiger partial charge in [0.15, 0.2) is 0 Å². The van der Waals surface area contributed by atoms with E-state index in [1.807, 2.05) is 6.92 Å². The maximum Gasteiger partial charge on any atom is 0.259 e. The number of nitrogens with zero attached hydrogens (tertiary/aromatic N) is 2. The fourth-order valence-electron chi connectivity index (χ4n) is 4.03. The summed E-state index contributed by atoms with van der Waals surface area (Å²) in [6.45, 7) is 4.92. The number of hydrogen-bond acceptors (Lipinski definition) is 4. The first-order valence-electron chi connectivity index (χ1n) is 9.65. The molecule has 0 bridgehead atoms. The molecule has 0 unspecified atom stereocenters. The van der Waals surface area contributed by atoms with E-state index < -0.39 is 0 Å². The Balaban J connectivity index is 1.63. The minimum absolute atomic E-state index is 0.0502. The number of nitrogens with one attached hydrogen (secondary N) is 1. The molecule has 2 aliphatic rings. The van der Waals surface area contributed by atoms with Crippen molar-refractivity contribution < 1.29 is 14.1 Å². The van der Waals surface area contributed by atoms with E-state index in [-0.39, 0.29) is 17.7 Å². The van der Waals surface area contributed by atoms with E-state index in [0.717, 1.165) is 25.7 Å². The fourth-order valence-corrected chi connectivity index (χ4v) is 4.03. The number of carbonyl (C=O) groups excluding carboxylic acids is 2. The van der Waals surface area contributed by atoms with Crippen LogP contribution < -0.4 is 5.32 Å². The lowest BCUT2D eigenvalue weighted by molar-refractivity contribution is -0.127. The molecule has 1 aromatic rings. The van der Waals surface area contributed by atoms with Crippen molar-refractivity contribution in [3.05, 3.63) is 17.0 Å². The molecule has 1 atom stereocenters. The van der Waals surface area contributed by atoms with Gasteiger partial charge in [-0.2, -0.15) is 0 Å². The predicted octanol–water partition coefficient (Wildman–Crippen LogP) is 2.85. The van der Waals surface area contributed by atoms with E-state index >= 15 is 0 Å². The molecule has 0 spiro atoms. The summed E-state index contributed by atoms with van der Waals surface area (Å²) in [7, 11) is 0. The Labute approximate surface area is 149 Å². The molecule has 2 amide bonds. The van der Waals surface area contributed by atoms with Crippen molar-refractivity contribution in [2.24, 2.45) is 5.92 Å². The molecule has 0 radical (unpaired) electrons. The number of rotatable bonds is 4. The number of likely N-dealkylation sites (tertiary alicyclic amines) is 1. The molecule has 1 aromatic heterocycles. The first-order chi connectivity index (χ1) is 12.1. The lowest BCUT2D eigenvalue weighted by Crippen LogP contribution is -2.48. The van der Waals surface area contributed by atoms with E-state index in [0.29, 0.717) is 42.6 Å². The van der Waals surface area contributed by atoms with Crippen LogP contribution in [0.2, 0.25) is 0 Å². The summed E-state index contributed by atoms with van der Waals surface area (Å²) in [5.41, 5.74) is 1.28. The van der Waals surface area contributed by atoms with Crippen LogP contribution in [-0.4, -0.2) is 41.0 Å². The quantitative estimate of drug-likeness (QED) is 0.909.